The molecule has 2 aliphatic carbocycles. The molecule has 0 bridgehead atoms. The SMILES string of the molecule is OCCC1(CNc2nc(-c3ccccn3)nc3c2CCC3)CCC1. The summed E-state index contributed by atoms with van der Waals surface area (Å²) >= 11 is 0. The Hall–Kier alpha value is -2.01. The molecule has 0 spiro atoms. The number of aromatic nitrogens is 3. The maximum Gasteiger partial charge on any atom is 0.180 e. The average molecular weight is 324 g/mol. The van der Waals surface area contributed by atoms with Crippen molar-refractivity contribution in [1.82, 2.24) is 15.0 Å². The molecule has 4 rings (SSSR count). The third-order valence-electron chi connectivity index (χ3n) is 5.51. The van der Waals surface area contributed by atoms with Crippen molar-refractivity contribution in [3.8, 4) is 11.5 Å². The number of aliphatic hydroxyl groups excluding tert-OH is 1. The van der Waals surface area contributed by atoms with Crippen LogP contribution in [0.15, 0.2) is 24.4 Å². The first kappa shape index (κ1) is 15.5. The van der Waals surface area contributed by atoms with Crippen molar-refractivity contribution in [2.45, 2.75) is 44.9 Å². The molecule has 2 aromatic rings. The van der Waals surface area contributed by atoms with Crippen LogP contribution >= 0.6 is 0 Å². The van der Waals surface area contributed by atoms with E-state index in [0.29, 0.717) is 5.82 Å². The van der Waals surface area contributed by atoms with Gasteiger partial charge in [-0.15, -0.1) is 0 Å². The monoisotopic (exact) mass is 324 g/mol. The molecule has 5 nitrogen and oxygen atoms in total. The lowest BCUT2D eigenvalue weighted by Gasteiger charge is -2.42. The predicted molar refractivity (Wildman–Crippen MR) is 93.8 cm³/mol. The number of fused-ring (bicyclic) bond motifs is 1. The van der Waals surface area contributed by atoms with E-state index >= 15 is 0 Å². The minimum atomic E-state index is 0.246. The number of nitrogens with zero attached hydrogens (tertiary/aromatic N) is 3. The van der Waals surface area contributed by atoms with Crippen LogP contribution in [0.2, 0.25) is 0 Å². The summed E-state index contributed by atoms with van der Waals surface area (Å²) in [6.45, 7) is 1.15. The van der Waals surface area contributed by atoms with Gasteiger partial charge in [0.2, 0.25) is 0 Å². The van der Waals surface area contributed by atoms with E-state index in [0.717, 1.165) is 49.4 Å². The summed E-state index contributed by atoms with van der Waals surface area (Å²) in [5.74, 6) is 1.69. The lowest BCUT2D eigenvalue weighted by Crippen LogP contribution is -2.37. The van der Waals surface area contributed by atoms with Gasteiger partial charge in [0, 0.05) is 30.6 Å². The van der Waals surface area contributed by atoms with Crippen molar-refractivity contribution in [2.24, 2.45) is 5.41 Å². The summed E-state index contributed by atoms with van der Waals surface area (Å²) in [5, 5.41) is 12.9. The van der Waals surface area contributed by atoms with Crippen molar-refractivity contribution in [3.63, 3.8) is 0 Å². The molecule has 126 valence electrons. The molecule has 0 unspecified atom stereocenters. The maximum absolute atomic E-state index is 9.35. The second-order valence-corrected chi connectivity index (χ2v) is 7.07. The fraction of sp³-hybridized carbons (Fsp3) is 0.526. The third-order valence-corrected chi connectivity index (χ3v) is 5.51. The van der Waals surface area contributed by atoms with Gasteiger partial charge in [0.15, 0.2) is 5.82 Å². The molecule has 0 atom stereocenters. The van der Waals surface area contributed by atoms with E-state index in [1.165, 1.54) is 24.8 Å². The highest BCUT2D eigenvalue weighted by atomic mass is 16.3. The predicted octanol–water partition coefficient (Wildman–Crippen LogP) is 2.99. The molecule has 2 heterocycles. The number of hydrogen-bond donors (Lipinski definition) is 2. The Kier molecular flexibility index (Phi) is 4.19. The molecule has 24 heavy (non-hydrogen) atoms. The standard InChI is InChI=1S/C19H24N4O/c24-12-10-19(8-4-9-19)13-21-17-14-5-3-7-15(14)22-18(23-17)16-6-1-2-11-20-16/h1-2,6,11,24H,3-5,7-10,12-13H2,(H,21,22,23). The Morgan fingerprint density at radius 3 is 2.75 bits per heavy atom. The molecule has 2 N–H and O–H groups in total. The van der Waals surface area contributed by atoms with Gasteiger partial charge in [-0.1, -0.05) is 12.5 Å². The molecule has 0 aromatic carbocycles. The van der Waals surface area contributed by atoms with Crippen LogP contribution in [0.5, 0.6) is 0 Å². The Bertz CT molecular complexity index is 713. The molecule has 1 fully saturated rings. The van der Waals surface area contributed by atoms with Crippen molar-refractivity contribution in [2.75, 3.05) is 18.5 Å². The molecule has 1 saturated carbocycles. The molecule has 0 radical (unpaired) electrons. The maximum atomic E-state index is 9.35. The summed E-state index contributed by atoms with van der Waals surface area (Å²) in [5.41, 5.74) is 3.51. The van der Waals surface area contributed by atoms with Gasteiger partial charge in [-0.25, -0.2) is 9.97 Å². The smallest absolute Gasteiger partial charge is 0.180 e. The van der Waals surface area contributed by atoms with Gasteiger partial charge >= 0.3 is 0 Å². The summed E-state index contributed by atoms with van der Waals surface area (Å²) in [4.78, 5) is 13.9. The van der Waals surface area contributed by atoms with E-state index in [-0.39, 0.29) is 12.0 Å². The zero-order valence-electron chi connectivity index (χ0n) is 14.0. The van der Waals surface area contributed by atoms with Crippen LogP contribution in [-0.4, -0.2) is 33.2 Å². The van der Waals surface area contributed by atoms with Gasteiger partial charge in [-0.3, -0.25) is 4.98 Å². The normalized spacial score (nSPS) is 18.0. The zero-order chi connectivity index (χ0) is 16.4. The van der Waals surface area contributed by atoms with Crippen LogP contribution in [0.4, 0.5) is 5.82 Å². The highest BCUT2D eigenvalue weighted by Gasteiger charge is 2.36. The molecule has 0 saturated heterocycles. The Labute approximate surface area is 142 Å². The topological polar surface area (TPSA) is 70.9 Å². The van der Waals surface area contributed by atoms with Crippen LogP contribution in [0, 0.1) is 5.41 Å². The number of aryl methyl sites for hydroxylation is 1. The minimum absolute atomic E-state index is 0.246. The summed E-state index contributed by atoms with van der Waals surface area (Å²) < 4.78 is 0. The second-order valence-electron chi connectivity index (χ2n) is 7.07. The van der Waals surface area contributed by atoms with Gasteiger partial charge in [0.1, 0.15) is 11.5 Å². The lowest BCUT2D eigenvalue weighted by molar-refractivity contribution is 0.101. The van der Waals surface area contributed by atoms with E-state index in [2.05, 4.69) is 10.3 Å². The second kappa shape index (κ2) is 6.48. The van der Waals surface area contributed by atoms with Crippen LogP contribution in [0.1, 0.15) is 43.4 Å². The van der Waals surface area contributed by atoms with Gasteiger partial charge < -0.3 is 10.4 Å². The largest absolute Gasteiger partial charge is 0.396 e. The molecule has 2 aliphatic rings. The fourth-order valence-electron chi connectivity index (χ4n) is 3.89. The lowest BCUT2D eigenvalue weighted by atomic mass is 9.67. The molecule has 0 aliphatic heterocycles. The van der Waals surface area contributed by atoms with E-state index < -0.39 is 0 Å². The molecule has 5 heteroatoms. The molecule has 0 amide bonds. The van der Waals surface area contributed by atoms with Crippen molar-refractivity contribution in [1.29, 1.82) is 0 Å². The summed E-state index contributed by atoms with van der Waals surface area (Å²) in [6.07, 6.45) is 9.53. The van der Waals surface area contributed by atoms with Crippen molar-refractivity contribution >= 4 is 5.82 Å². The van der Waals surface area contributed by atoms with Gasteiger partial charge in [0.25, 0.3) is 0 Å². The van der Waals surface area contributed by atoms with Crippen LogP contribution in [0.3, 0.4) is 0 Å². The van der Waals surface area contributed by atoms with E-state index in [1.54, 1.807) is 6.20 Å². The number of hydrogen-bond acceptors (Lipinski definition) is 5. The number of pyridine rings is 1. The first-order valence-electron chi connectivity index (χ1n) is 8.96. The fourth-order valence-corrected chi connectivity index (χ4v) is 3.89. The van der Waals surface area contributed by atoms with Crippen molar-refractivity contribution in [3.05, 3.63) is 35.7 Å². The van der Waals surface area contributed by atoms with Gasteiger partial charge in [-0.05, 0) is 56.1 Å². The molecular weight excluding hydrogens is 300 g/mol. The van der Waals surface area contributed by atoms with E-state index in [9.17, 15) is 5.11 Å². The number of anilines is 1. The van der Waals surface area contributed by atoms with Crippen LogP contribution in [-0.2, 0) is 12.8 Å². The van der Waals surface area contributed by atoms with Crippen molar-refractivity contribution < 1.29 is 5.11 Å². The minimum Gasteiger partial charge on any atom is -0.396 e. The Morgan fingerprint density at radius 1 is 1.12 bits per heavy atom. The Morgan fingerprint density at radius 2 is 2.04 bits per heavy atom. The number of rotatable bonds is 6. The highest BCUT2D eigenvalue weighted by Crippen LogP contribution is 2.44. The highest BCUT2D eigenvalue weighted by molar-refractivity contribution is 5.57. The zero-order valence-corrected chi connectivity index (χ0v) is 14.0. The van der Waals surface area contributed by atoms with Gasteiger partial charge in [0.05, 0.1) is 0 Å². The summed E-state index contributed by atoms with van der Waals surface area (Å²) in [6, 6.07) is 5.83. The van der Waals surface area contributed by atoms with Crippen LogP contribution in [0.25, 0.3) is 11.5 Å². The average Bonchev–Trinajstić information content (AvgIpc) is 3.06. The number of aliphatic hydroxyl groups is 1. The quantitative estimate of drug-likeness (QED) is 0.855. The van der Waals surface area contributed by atoms with E-state index in [4.69, 9.17) is 9.97 Å². The van der Waals surface area contributed by atoms with Crippen LogP contribution < -0.4 is 5.32 Å². The van der Waals surface area contributed by atoms with Gasteiger partial charge in [-0.2, -0.15) is 0 Å². The molecule has 2 aromatic heterocycles. The first-order chi connectivity index (χ1) is 11.8. The number of nitrogens with one attached hydrogen (secondary N) is 1. The molecular formula is C19H24N4O. The Balaban J connectivity index is 1.61. The summed E-state index contributed by atoms with van der Waals surface area (Å²) in [7, 11) is 0. The first-order valence-corrected chi connectivity index (χ1v) is 8.96. The third kappa shape index (κ3) is 2.88. The van der Waals surface area contributed by atoms with E-state index in [1.807, 2.05) is 18.2 Å².